The lowest BCUT2D eigenvalue weighted by molar-refractivity contribution is -0.149. The van der Waals surface area contributed by atoms with Crippen molar-refractivity contribution in [3.63, 3.8) is 0 Å². The molecule has 116 valence electrons. The number of likely N-dealkylation sites (tertiary alicyclic amines) is 1. The highest BCUT2D eigenvalue weighted by Gasteiger charge is 2.29. The zero-order chi connectivity index (χ0) is 14.8. The van der Waals surface area contributed by atoms with Crippen LogP contribution in [0.3, 0.4) is 0 Å². The van der Waals surface area contributed by atoms with Crippen LogP contribution < -0.4 is 5.32 Å². The Labute approximate surface area is 119 Å². The normalized spacial score (nSPS) is 18.7. The fraction of sp³-hybridized carbons (Fsp3) is 0.846. The number of nitrogens with zero attached hydrogens (tertiary/aromatic N) is 1. The molecule has 0 spiro atoms. The van der Waals surface area contributed by atoms with Gasteiger partial charge in [-0.3, -0.25) is 4.79 Å². The summed E-state index contributed by atoms with van der Waals surface area (Å²) in [6.07, 6.45) is 1.58. The molecule has 0 saturated carbocycles. The molecule has 0 aromatic heterocycles. The molecule has 7 heteroatoms. The molecule has 7 nitrogen and oxygen atoms in total. The highest BCUT2D eigenvalue weighted by Crippen LogP contribution is 2.17. The van der Waals surface area contributed by atoms with Gasteiger partial charge in [-0.2, -0.15) is 0 Å². The average Bonchev–Trinajstić information content (AvgIpc) is 2.47. The second-order valence-corrected chi connectivity index (χ2v) is 4.56. The van der Waals surface area contributed by atoms with Gasteiger partial charge in [-0.25, -0.2) is 4.79 Å². The number of carbonyl (C=O) groups excluding carboxylic acids is 2. The number of nitrogens with one attached hydrogen (secondary N) is 1. The third-order valence-corrected chi connectivity index (χ3v) is 3.09. The van der Waals surface area contributed by atoms with Crippen LogP contribution in [0, 0.1) is 5.92 Å². The van der Waals surface area contributed by atoms with Crippen LogP contribution in [0.1, 0.15) is 19.8 Å². The number of methoxy groups -OCH3 is 1. The Kier molecular flexibility index (Phi) is 7.98. The van der Waals surface area contributed by atoms with E-state index in [0.717, 1.165) is 12.8 Å². The van der Waals surface area contributed by atoms with Crippen molar-refractivity contribution in [2.45, 2.75) is 19.8 Å². The summed E-state index contributed by atoms with van der Waals surface area (Å²) in [5, 5.41) is 2.66. The predicted octanol–water partition coefficient (Wildman–Crippen LogP) is 0.592. The Morgan fingerprint density at radius 3 is 2.85 bits per heavy atom. The SMILES string of the molecule is CCOC(=O)C1CCCN(C(=O)NCOCCOC)C1. The number of esters is 1. The maximum absolute atomic E-state index is 11.9. The minimum Gasteiger partial charge on any atom is -0.466 e. The Morgan fingerprint density at radius 2 is 2.15 bits per heavy atom. The highest BCUT2D eigenvalue weighted by molar-refractivity contribution is 5.77. The Balaban J connectivity index is 2.27. The summed E-state index contributed by atoms with van der Waals surface area (Å²) in [5.41, 5.74) is 0. The second kappa shape index (κ2) is 9.55. The van der Waals surface area contributed by atoms with Gasteiger partial charge in [0, 0.05) is 20.2 Å². The number of hydrogen-bond acceptors (Lipinski definition) is 5. The fourth-order valence-corrected chi connectivity index (χ4v) is 2.05. The van der Waals surface area contributed by atoms with Gasteiger partial charge in [0.15, 0.2) is 0 Å². The van der Waals surface area contributed by atoms with E-state index >= 15 is 0 Å². The molecule has 0 aliphatic carbocycles. The summed E-state index contributed by atoms with van der Waals surface area (Å²) in [7, 11) is 1.59. The maximum atomic E-state index is 11.9. The maximum Gasteiger partial charge on any atom is 0.319 e. The van der Waals surface area contributed by atoms with Gasteiger partial charge in [0.25, 0.3) is 0 Å². The van der Waals surface area contributed by atoms with Crippen molar-refractivity contribution in [2.24, 2.45) is 5.92 Å². The van der Waals surface area contributed by atoms with Gasteiger partial charge in [0.05, 0.1) is 25.7 Å². The number of ether oxygens (including phenoxy) is 3. The van der Waals surface area contributed by atoms with E-state index in [2.05, 4.69) is 5.32 Å². The Bertz CT molecular complexity index is 311. The number of hydrogen-bond donors (Lipinski definition) is 1. The van der Waals surface area contributed by atoms with Gasteiger partial charge in [-0.05, 0) is 19.8 Å². The number of carbonyl (C=O) groups is 2. The van der Waals surface area contributed by atoms with E-state index in [1.54, 1.807) is 18.9 Å². The summed E-state index contributed by atoms with van der Waals surface area (Å²) in [4.78, 5) is 25.2. The first kappa shape index (κ1) is 16.7. The summed E-state index contributed by atoms with van der Waals surface area (Å²) < 4.78 is 15.0. The third kappa shape index (κ3) is 5.75. The molecule has 1 N–H and O–H groups in total. The quantitative estimate of drug-likeness (QED) is 0.421. The summed E-state index contributed by atoms with van der Waals surface area (Å²) >= 11 is 0. The van der Waals surface area contributed by atoms with Gasteiger partial charge in [-0.1, -0.05) is 0 Å². The van der Waals surface area contributed by atoms with Crippen LogP contribution in [0.5, 0.6) is 0 Å². The minimum atomic E-state index is -0.221. The zero-order valence-corrected chi connectivity index (χ0v) is 12.2. The van der Waals surface area contributed by atoms with E-state index in [4.69, 9.17) is 14.2 Å². The van der Waals surface area contributed by atoms with Gasteiger partial charge >= 0.3 is 12.0 Å². The van der Waals surface area contributed by atoms with Gasteiger partial charge in [0.2, 0.25) is 0 Å². The van der Waals surface area contributed by atoms with Crippen LogP contribution in [-0.4, -0.2) is 63.7 Å². The predicted molar refractivity (Wildman–Crippen MR) is 72.2 cm³/mol. The van der Waals surface area contributed by atoms with Crippen LogP contribution in [-0.2, 0) is 19.0 Å². The molecule has 1 fully saturated rings. The molecule has 20 heavy (non-hydrogen) atoms. The molecule has 1 rings (SSSR count). The molecule has 1 unspecified atom stereocenters. The molecule has 1 aliphatic heterocycles. The Morgan fingerprint density at radius 1 is 1.35 bits per heavy atom. The molecular formula is C13H24N2O5. The number of rotatable bonds is 7. The van der Waals surface area contributed by atoms with Gasteiger partial charge in [-0.15, -0.1) is 0 Å². The van der Waals surface area contributed by atoms with E-state index in [1.165, 1.54) is 0 Å². The molecular weight excluding hydrogens is 264 g/mol. The second-order valence-electron chi connectivity index (χ2n) is 4.56. The number of urea groups is 1. The fourth-order valence-electron chi connectivity index (χ4n) is 2.05. The molecule has 0 radical (unpaired) electrons. The minimum absolute atomic E-state index is 0.142. The van der Waals surface area contributed by atoms with Crippen molar-refractivity contribution in [1.82, 2.24) is 10.2 Å². The number of amides is 2. The smallest absolute Gasteiger partial charge is 0.319 e. The molecule has 0 aromatic carbocycles. The summed E-state index contributed by atoms with van der Waals surface area (Å²) in [6.45, 7) is 4.27. The average molecular weight is 288 g/mol. The van der Waals surface area contributed by atoms with Gasteiger partial charge in [0.1, 0.15) is 6.73 Å². The number of piperidine rings is 1. The topological polar surface area (TPSA) is 77.1 Å². The molecule has 0 aromatic rings. The molecule has 0 bridgehead atoms. The molecule has 2 amide bonds. The van der Waals surface area contributed by atoms with E-state index in [0.29, 0.717) is 32.9 Å². The van der Waals surface area contributed by atoms with E-state index in [-0.39, 0.29) is 24.6 Å². The van der Waals surface area contributed by atoms with Crippen LogP contribution in [0.2, 0.25) is 0 Å². The molecule has 1 atom stereocenters. The van der Waals surface area contributed by atoms with E-state index in [9.17, 15) is 9.59 Å². The highest BCUT2D eigenvalue weighted by atomic mass is 16.5. The summed E-state index contributed by atoms with van der Waals surface area (Å²) in [5.74, 6) is -0.440. The largest absolute Gasteiger partial charge is 0.466 e. The first-order chi connectivity index (χ1) is 9.69. The lowest BCUT2D eigenvalue weighted by Crippen LogP contribution is -2.47. The van der Waals surface area contributed by atoms with E-state index < -0.39 is 0 Å². The first-order valence-corrected chi connectivity index (χ1v) is 6.95. The first-order valence-electron chi connectivity index (χ1n) is 6.95. The lowest BCUT2D eigenvalue weighted by atomic mass is 9.98. The zero-order valence-electron chi connectivity index (χ0n) is 12.2. The third-order valence-electron chi connectivity index (χ3n) is 3.09. The van der Waals surface area contributed by atoms with Crippen molar-refractivity contribution in [3.05, 3.63) is 0 Å². The van der Waals surface area contributed by atoms with Crippen molar-refractivity contribution < 1.29 is 23.8 Å². The monoisotopic (exact) mass is 288 g/mol. The molecule has 1 heterocycles. The van der Waals surface area contributed by atoms with Crippen LogP contribution in [0.25, 0.3) is 0 Å². The van der Waals surface area contributed by atoms with Crippen LogP contribution in [0.4, 0.5) is 4.79 Å². The molecule has 1 saturated heterocycles. The van der Waals surface area contributed by atoms with Gasteiger partial charge < -0.3 is 24.4 Å². The lowest BCUT2D eigenvalue weighted by Gasteiger charge is -2.31. The van der Waals surface area contributed by atoms with Crippen LogP contribution in [0.15, 0.2) is 0 Å². The van der Waals surface area contributed by atoms with Crippen molar-refractivity contribution >= 4 is 12.0 Å². The summed E-state index contributed by atoms with van der Waals surface area (Å²) in [6, 6.07) is -0.212. The Hall–Kier alpha value is -1.34. The van der Waals surface area contributed by atoms with Crippen molar-refractivity contribution in [3.8, 4) is 0 Å². The van der Waals surface area contributed by atoms with Crippen molar-refractivity contribution in [1.29, 1.82) is 0 Å². The van der Waals surface area contributed by atoms with Crippen molar-refractivity contribution in [2.75, 3.05) is 46.8 Å². The van der Waals surface area contributed by atoms with Crippen LogP contribution >= 0.6 is 0 Å². The molecule has 1 aliphatic rings. The van der Waals surface area contributed by atoms with E-state index in [1.807, 2.05) is 0 Å². The standard InChI is InChI=1S/C13H24N2O5/c1-3-20-12(16)11-5-4-6-15(9-11)13(17)14-10-19-8-7-18-2/h11H,3-10H2,1-2H3,(H,14,17).